The summed E-state index contributed by atoms with van der Waals surface area (Å²) in [4.78, 5) is 0. The summed E-state index contributed by atoms with van der Waals surface area (Å²) < 4.78 is 5.93. The predicted molar refractivity (Wildman–Crippen MR) is 58.2 cm³/mol. The second-order valence-electron chi connectivity index (χ2n) is 5.65. The van der Waals surface area contributed by atoms with Crippen LogP contribution in [0.15, 0.2) is 0 Å². The van der Waals surface area contributed by atoms with Gasteiger partial charge in [-0.1, -0.05) is 20.8 Å². The van der Waals surface area contributed by atoms with E-state index in [1.807, 2.05) is 13.8 Å². The van der Waals surface area contributed by atoms with Crippen LogP contribution in [0, 0.1) is 11.8 Å². The van der Waals surface area contributed by atoms with E-state index in [1.54, 1.807) is 0 Å². The standard InChI is InChI=1S/C12H24O2/c1-8(2)11(12(4,5)13)14-10-6-9(3)7-10/h8-11,13H,6-7H2,1-5H3. The lowest BCUT2D eigenvalue weighted by molar-refractivity contribution is -0.162. The van der Waals surface area contributed by atoms with Crippen LogP contribution in [0.1, 0.15) is 47.5 Å². The van der Waals surface area contributed by atoms with Crippen molar-refractivity contribution < 1.29 is 9.84 Å². The SMILES string of the molecule is CC1CC(OC(C(C)C)C(C)(C)O)C1. The van der Waals surface area contributed by atoms with Gasteiger partial charge in [0.1, 0.15) is 0 Å². The quantitative estimate of drug-likeness (QED) is 0.756. The fraction of sp³-hybridized carbons (Fsp3) is 1.00. The van der Waals surface area contributed by atoms with Gasteiger partial charge in [0.2, 0.25) is 0 Å². The van der Waals surface area contributed by atoms with Gasteiger partial charge in [0, 0.05) is 0 Å². The van der Waals surface area contributed by atoms with Gasteiger partial charge in [0.05, 0.1) is 17.8 Å². The van der Waals surface area contributed by atoms with Gasteiger partial charge in [-0.2, -0.15) is 0 Å². The highest BCUT2D eigenvalue weighted by atomic mass is 16.5. The van der Waals surface area contributed by atoms with E-state index in [2.05, 4.69) is 20.8 Å². The van der Waals surface area contributed by atoms with E-state index >= 15 is 0 Å². The van der Waals surface area contributed by atoms with Crippen LogP contribution >= 0.6 is 0 Å². The van der Waals surface area contributed by atoms with Crippen LogP contribution in [-0.4, -0.2) is 22.9 Å². The first-order chi connectivity index (χ1) is 6.30. The summed E-state index contributed by atoms with van der Waals surface area (Å²) in [7, 11) is 0. The summed E-state index contributed by atoms with van der Waals surface area (Å²) in [6.45, 7) is 10.1. The molecule has 1 N–H and O–H groups in total. The largest absolute Gasteiger partial charge is 0.388 e. The van der Waals surface area contributed by atoms with Crippen molar-refractivity contribution in [2.24, 2.45) is 11.8 Å². The Balaban J connectivity index is 2.44. The molecule has 1 fully saturated rings. The molecule has 1 unspecified atom stereocenters. The number of hydrogen-bond donors (Lipinski definition) is 1. The molecule has 0 aromatic carbocycles. The predicted octanol–water partition coefficient (Wildman–Crippen LogP) is 2.60. The van der Waals surface area contributed by atoms with Crippen molar-refractivity contribution in [3.8, 4) is 0 Å². The zero-order valence-electron chi connectivity index (χ0n) is 10.1. The molecule has 14 heavy (non-hydrogen) atoms. The van der Waals surface area contributed by atoms with Gasteiger partial charge in [-0.15, -0.1) is 0 Å². The molecule has 2 nitrogen and oxygen atoms in total. The molecule has 0 saturated heterocycles. The molecule has 84 valence electrons. The summed E-state index contributed by atoms with van der Waals surface area (Å²) in [5, 5.41) is 9.96. The minimum atomic E-state index is -0.729. The van der Waals surface area contributed by atoms with Crippen molar-refractivity contribution in [3.63, 3.8) is 0 Å². The highest BCUT2D eigenvalue weighted by Crippen LogP contribution is 2.33. The summed E-state index contributed by atoms with van der Waals surface area (Å²) in [5.41, 5.74) is -0.729. The van der Waals surface area contributed by atoms with Crippen molar-refractivity contribution in [3.05, 3.63) is 0 Å². The number of hydrogen-bond acceptors (Lipinski definition) is 2. The van der Waals surface area contributed by atoms with Gasteiger partial charge < -0.3 is 9.84 Å². The Hall–Kier alpha value is -0.0800. The molecule has 1 aliphatic carbocycles. The van der Waals surface area contributed by atoms with E-state index in [9.17, 15) is 5.11 Å². The third kappa shape index (κ3) is 2.96. The lowest BCUT2D eigenvalue weighted by Gasteiger charge is -2.41. The molecule has 1 atom stereocenters. The molecule has 1 aliphatic rings. The lowest BCUT2D eigenvalue weighted by atomic mass is 9.83. The molecule has 0 bridgehead atoms. The van der Waals surface area contributed by atoms with E-state index in [4.69, 9.17) is 4.74 Å². The fourth-order valence-electron chi connectivity index (χ4n) is 2.29. The molecule has 2 heteroatoms. The van der Waals surface area contributed by atoms with E-state index in [-0.39, 0.29) is 6.10 Å². The molecule has 0 amide bonds. The van der Waals surface area contributed by atoms with E-state index < -0.39 is 5.60 Å². The Morgan fingerprint density at radius 2 is 1.79 bits per heavy atom. The molecule has 1 rings (SSSR count). The molecule has 0 aromatic rings. The Labute approximate surface area is 87.7 Å². The van der Waals surface area contributed by atoms with Crippen molar-refractivity contribution in [2.75, 3.05) is 0 Å². The summed E-state index contributed by atoms with van der Waals surface area (Å²) in [5.74, 6) is 1.17. The average Bonchev–Trinajstić information content (AvgIpc) is 1.92. The first-order valence-corrected chi connectivity index (χ1v) is 5.68. The van der Waals surface area contributed by atoms with Crippen LogP contribution in [0.3, 0.4) is 0 Å². The molecular formula is C12H24O2. The molecule has 0 radical (unpaired) electrons. The Bertz CT molecular complexity index is 175. The molecule has 1 saturated carbocycles. The summed E-state index contributed by atoms with van der Waals surface area (Å²) in [6.07, 6.45) is 2.64. The van der Waals surface area contributed by atoms with Crippen LogP contribution < -0.4 is 0 Å². The smallest absolute Gasteiger partial charge is 0.0883 e. The normalized spacial score (nSPS) is 30.2. The third-order valence-corrected chi connectivity index (χ3v) is 2.97. The van der Waals surface area contributed by atoms with Crippen LogP contribution in [-0.2, 0) is 4.74 Å². The van der Waals surface area contributed by atoms with Gasteiger partial charge in [0.25, 0.3) is 0 Å². The maximum Gasteiger partial charge on any atom is 0.0883 e. The van der Waals surface area contributed by atoms with Crippen LogP contribution in [0.5, 0.6) is 0 Å². The van der Waals surface area contributed by atoms with Crippen LogP contribution in [0.4, 0.5) is 0 Å². The van der Waals surface area contributed by atoms with Gasteiger partial charge in [-0.05, 0) is 38.5 Å². The lowest BCUT2D eigenvalue weighted by Crippen LogP contribution is -2.46. The van der Waals surface area contributed by atoms with Gasteiger partial charge >= 0.3 is 0 Å². The molecule has 0 aromatic heterocycles. The molecule has 0 spiro atoms. The second kappa shape index (κ2) is 4.19. The van der Waals surface area contributed by atoms with Crippen molar-refractivity contribution in [2.45, 2.75) is 65.3 Å². The maximum atomic E-state index is 9.96. The summed E-state index contributed by atoms with van der Waals surface area (Å²) >= 11 is 0. The van der Waals surface area contributed by atoms with Crippen molar-refractivity contribution in [1.82, 2.24) is 0 Å². The van der Waals surface area contributed by atoms with Crippen molar-refractivity contribution >= 4 is 0 Å². The third-order valence-electron chi connectivity index (χ3n) is 2.97. The maximum absolute atomic E-state index is 9.96. The topological polar surface area (TPSA) is 29.5 Å². The number of ether oxygens (including phenoxy) is 1. The van der Waals surface area contributed by atoms with Crippen LogP contribution in [0.25, 0.3) is 0 Å². The molecular weight excluding hydrogens is 176 g/mol. The minimum absolute atomic E-state index is 0.0417. The van der Waals surface area contributed by atoms with Gasteiger partial charge in [0.15, 0.2) is 0 Å². The minimum Gasteiger partial charge on any atom is -0.388 e. The highest BCUT2D eigenvalue weighted by Gasteiger charge is 2.36. The Kier molecular flexibility index (Phi) is 3.59. The van der Waals surface area contributed by atoms with Gasteiger partial charge in [-0.25, -0.2) is 0 Å². The Morgan fingerprint density at radius 3 is 2.07 bits per heavy atom. The first-order valence-electron chi connectivity index (χ1n) is 5.68. The zero-order chi connectivity index (χ0) is 10.9. The first kappa shape index (κ1) is 12.0. The summed E-state index contributed by atoms with van der Waals surface area (Å²) in [6, 6.07) is 0. The highest BCUT2D eigenvalue weighted by molar-refractivity contribution is 4.85. The fourth-order valence-corrected chi connectivity index (χ4v) is 2.29. The van der Waals surface area contributed by atoms with E-state index in [0.29, 0.717) is 12.0 Å². The van der Waals surface area contributed by atoms with E-state index in [1.165, 1.54) is 0 Å². The number of aliphatic hydroxyl groups is 1. The van der Waals surface area contributed by atoms with Crippen LogP contribution in [0.2, 0.25) is 0 Å². The van der Waals surface area contributed by atoms with Gasteiger partial charge in [-0.3, -0.25) is 0 Å². The monoisotopic (exact) mass is 200 g/mol. The second-order valence-corrected chi connectivity index (χ2v) is 5.65. The zero-order valence-corrected chi connectivity index (χ0v) is 10.1. The molecule has 0 heterocycles. The number of rotatable bonds is 4. The Morgan fingerprint density at radius 1 is 1.29 bits per heavy atom. The molecule has 0 aliphatic heterocycles. The van der Waals surface area contributed by atoms with Crippen molar-refractivity contribution in [1.29, 1.82) is 0 Å². The van der Waals surface area contributed by atoms with E-state index in [0.717, 1.165) is 18.8 Å². The average molecular weight is 200 g/mol.